The van der Waals surface area contributed by atoms with Gasteiger partial charge in [-0.3, -0.25) is 0 Å². The number of alkyl halides is 3. The van der Waals surface area contributed by atoms with Gasteiger partial charge in [-0.15, -0.1) is 0 Å². The average Bonchev–Trinajstić information content (AvgIpc) is 2.17. The van der Waals surface area contributed by atoms with Gasteiger partial charge in [0.05, 0.1) is 17.2 Å². The molecule has 0 N–H and O–H groups in total. The van der Waals surface area contributed by atoms with Crippen LogP contribution < -0.4 is 4.52 Å². The second-order valence-corrected chi connectivity index (χ2v) is 2.81. The Morgan fingerprint density at radius 1 is 1.40 bits per heavy atom. The molecule has 0 spiro atoms. The lowest BCUT2D eigenvalue weighted by Gasteiger charge is -2.09. The molecule has 0 unspecified atom stereocenters. The number of nitrogens with zero attached hydrogens (tertiary/aromatic N) is 1. The van der Waals surface area contributed by atoms with Crippen LogP contribution in [-0.2, 0) is 10.7 Å². The fraction of sp³-hybridized carbons (Fsp3) is 0.125. The van der Waals surface area contributed by atoms with Crippen LogP contribution in [0.15, 0.2) is 18.2 Å². The molecule has 7 heteroatoms. The highest BCUT2D eigenvalue weighted by Gasteiger charge is 2.34. The van der Waals surface area contributed by atoms with Crippen molar-refractivity contribution in [1.82, 2.24) is 0 Å². The number of hydrogen-bond donors (Lipinski definition) is 0. The molecule has 0 saturated carbocycles. The van der Waals surface area contributed by atoms with Crippen LogP contribution in [0.5, 0.6) is 5.75 Å². The minimum Gasteiger partial charge on any atom is -0.408 e. The summed E-state index contributed by atoms with van der Waals surface area (Å²) in [6.45, 7) is 0. The van der Waals surface area contributed by atoms with Crippen molar-refractivity contribution in [2.45, 2.75) is 6.18 Å². The van der Waals surface area contributed by atoms with Crippen molar-refractivity contribution in [3.05, 3.63) is 29.3 Å². The molecule has 1 rings (SSSR count). The van der Waals surface area contributed by atoms with E-state index in [1.165, 1.54) is 6.07 Å². The van der Waals surface area contributed by atoms with Crippen molar-refractivity contribution < 1.29 is 22.3 Å². The Kier molecular flexibility index (Phi) is 3.28. The lowest BCUT2D eigenvalue weighted by atomic mass is 10.1. The summed E-state index contributed by atoms with van der Waals surface area (Å²) in [5.41, 5.74) is -1.61. The van der Waals surface area contributed by atoms with E-state index in [1.807, 2.05) is 0 Å². The van der Waals surface area contributed by atoms with E-state index in [1.54, 1.807) is 0 Å². The first-order valence-electron chi connectivity index (χ1n) is 3.60. The van der Waals surface area contributed by atoms with E-state index in [0.29, 0.717) is 6.07 Å². The Morgan fingerprint density at radius 2 is 2.07 bits per heavy atom. The van der Waals surface area contributed by atoms with Crippen molar-refractivity contribution in [1.29, 1.82) is 5.26 Å². The summed E-state index contributed by atoms with van der Waals surface area (Å²) in [5.74, 6) is -0.210. The fourth-order valence-corrected chi connectivity index (χ4v) is 1.15. The Hall–Kier alpha value is -1.60. The van der Waals surface area contributed by atoms with E-state index in [4.69, 9.17) is 5.26 Å². The predicted octanol–water partition coefficient (Wildman–Crippen LogP) is 3.16. The van der Waals surface area contributed by atoms with E-state index >= 15 is 0 Å². The fourth-order valence-electron chi connectivity index (χ4n) is 0.955. The van der Waals surface area contributed by atoms with Crippen molar-refractivity contribution in [3.8, 4) is 11.8 Å². The van der Waals surface area contributed by atoms with Crippen LogP contribution in [0.2, 0.25) is 0 Å². The lowest BCUT2D eigenvalue weighted by Crippen LogP contribution is -2.07. The molecule has 0 fully saturated rings. The molecular weight excluding hydrogens is 230 g/mol. The minimum atomic E-state index is -4.63. The molecule has 0 radical (unpaired) electrons. The molecule has 0 atom stereocenters. The summed E-state index contributed by atoms with van der Waals surface area (Å²) in [7, 11) is -0.750. The van der Waals surface area contributed by atoms with Crippen LogP contribution in [0, 0.1) is 11.3 Å². The molecule has 0 amide bonds. The molecule has 15 heavy (non-hydrogen) atoms. The molecule has 0 aliphatic rings. The van der Waals surface area contributed by atoms with E-state index in [-0.39, 0.29) is 5.75 Å². The van der Waals surface area contributed by atoms with E-state index in [0.717, 1.165) is 12.1 Å². The van der Waals surface area contributed by atoms with Gasteiger partial charge in [-0.2, -0.15) is 18.4 Å². The van der Waals surface area contributed by atoms with Gasteiger partial charge in [0.2, 0.25) is 0 Å². The van der Waals surface area contributed by atoms with Crippen LogP contribution in [0.3, 0.4) is 0 Å². The predicted molar refractivity (Wildman–Crippen MR) is 44.4 cm³/mol. The van der Waals surface area contributed by atoms with Crippen LogP contribution in [0.25, 0.3) is 0 Å². The zero-order valence-electron chi connectivity index (χ0n) is 7.08. The largest absolute Gasteiger partial charge is 0.417 e. The van der Waals surface area contributed by atoms with Gasteiger partial charge < -0.3 is 4.52 Å². The molecule has 1 aromatic carbocycles. The van der Waals surface area contributed by atoms with E-state index in [9.17, 15) is 17.7 Å². The number of hydrogen-bond acceptors (Lipinski definition) is 3. The minimum absolute atomic E-state index is 0.210. The number of benzene rings is 1. The summed E-state index contributed by atoms with van der Waals surface area (Å²) in [5, 5.41) is 8.45. The Labute approximate surface area is 84.4 Å². The molecule has 0 bridgehead atoms. The van der Waals surface area contributed by atoms with Gasteiger partial charge in [0.15, 0.2) is 0 Å². The van der Waals surface area contributed by atoms with Gasteiger partial charge in [0.1, 0.15) is 5.75 Å². The summed E-state index contributed by atoms with van der Waals surface area (Å²) >= 11 is 0. The number of halogens is 3. The highest BCUT2D eigenvalue weighted by molar-refractivity contribution is 7.17. The number of rotatable bonds is 2. The van der Waals surface area contributed by atoms with Crippen molar-refractivity contribution in [2.24, 2.45) is 0 Å². The van der Waals surface area contributed by atoms with E-state index < -0.39 is 26.0 Å². The second kappa shape index (κ2) is 4.28. The van der Waals surface area contributed by atoms with E-state index in [2.05, 4.69) is 4.52 Å². The number of nitriles is 1. The van der Waals surface area contributed by atoms with Crippen molar-refractivity contribution in [3.63, 3.8) is 0 Å². The zero-order chi connectivity index (χ0) is 11.5. The molecule has 0 aromatic heterocycles. The van der Waals surface area contributed by atoms with Gasteiger partial charge in [-0.05, 0) is 18.2 Å². The van der Waals surface area contributed by atoms with Gasteiger partial charge in [0, 0.05) is 0 Å². The third-order valence-electron chi connectivity index (χ3n) is 1.56. The quantitative estimate of drug-likeness (QED) is 0.737. The third-order valence-corrected chi connectivity index (χ3v) is 1.84. The van der Waals surface area contributed by atoms with Crippen LogP contribution in [0.4, 0.5) is 13.2 Å². The Morgan fingerprint density at radius 3 is 2.53 bits per heavy atom. The van der Waals surface area contributed by atoms with Crippen LogP contribution in [-0.4, -0.2) is 0 Å². The smallest absolute Gasteiger partial charge is 0.408 e. The Balaban J connectivity index is 3.27. The molecule has 0 heterocycles. The molecule has 0 saturated heterocycles. The first kappa shape index (κ1) is 11.5. The lowest BCUT2D eigenvalue weighted by molar-refractivity contribution is -0.137. The maximum absolute atomic E-state index is 12.4. The van der Waals surface area contributed by atoms with Crippen LogP contribution >= 0.6 is 8.69 Å². The summed E-state index contributed by atoms with van der Waals surface area (Å²) < 4.78 is 51.5. The first-order valence-corrected chi connectivity index (χ1v) is 4.33. The van der Waals surface area contributed by atoms with Gasteiger partial charge in [-0.25, -0.2) is 4.57 Å². The molecule has 1 aromatic rings. The zero-order valence-corrected chi connectivity index (χ0v) is 7.97. The SMILES string of the molecule is N#Cc1ccc(OP=O)cc1C(F)(F)F. The summed E-state index contributed by atoms with van der Waals surface area (Å²) in [6, 6.07) is 4.14. The second-order valence-electron chi connectivity index (χ2n) is 2.48. The van der Waals surface area contributed by atoms with Crippen molar-refractivity contribution in [2.75, 3.05) is 0 Å². The molecule has 3 nitrogen and oxygen atoms in total. The highest BCUT2D eigenvalue weighted by atomic mass is 31.1. The van der Waals surface area contributed by atoms with Crippen LogP contribution in [0.1, 0.15) is 11.1 Å². The standard InChI is InChI=1S/C8H3F3NO2P/c9-8(10,11)7-3-6(14-15-13)2-1-5(7)4-12/h1-3H. The van der Waals surface area contributed by atoms with Crippen molar-refractivity contribution >= 4 is 8.69 Å². The molecule has 0 aliphatic carbocycles. The summed E-state index contributed by atoms with van der Waals surface area (Å²) in [6.07, 6.45) is -4.63. The topological polar surface area (TPSA) is 50.1 Å². The Bertz CT molecular complexity index is 425. The maximum atomic E-state index is 12.4. The summed E-state index contributed by atoms with van der Waals surface area (Å²) in [4.78, 5) is 0. The maximum Gasteiger partial charge on any atom is 0.417 e. The van der Waals surface area contributed by atoms with Gasteiger partial charge in [-0.1, -0.05) is 0 Å². The molecule has 0 aliphatic heterocycles. The van der Waals surface area contributed by atoms with Gasteiger partial charge >= 0.3 is 14.9 Å². The normalized spacial score (nSPS) is 11.1. The molecule has 78 valence electrons. The molecular formula is C8H3F3NO2P. The monoisotopic (exact) mass is 233 g/mol. The van der Waals surface area contributed by atoms with Gasteiger partial charge in [0.25, 0.3) is 0 Å². The third kappa shape index (κ3) is 2.67. The highest BCUT2D eigenvalue weighted by Crippen LogP contribution is 2.34. The average molecular weight is 233 g/mol. The first-order chi connectivity index (χ1) is 6.99.